The number of rotatable bonds is 6. The van der Waals surface area contributed by atoms with Gasteiger partial charge in [0, 0.05) is 28.8 Å². The second-order valence-electron chi connectivity index (χ2n) is 11.5. The van der Waals surface area contributed by atoms with Crippen molar-refractivity contribution in [3.05, 3.63) is 169 Å². The zero-order valence-electron chi connectivity index (χ0n) is 24.1. The molecule has 0 saturated heterocycles. The van der Waals surface area contributed by atoms with E-state index in [0.717, 1.165) is 18.1 Å². The monoisotopic (exact) mass is 594 g/mol. The van der Waals surface area contributed by atoms with E-state index in [1.807, 2.05) is 6.07 Å². The summed E-state index contributed by atoms with van der Waals surface area (Å²) >= 11 is 6.19. The van der Waals surface area contributed by atoms with E-state index < -0.39 is 0 Å². The second-order valence-corrected chi connectivity index (χ2v) is 11.9. The summed E-state index contributed by atoms with van der Waals surface area (Å²) in [5.41, 5.74) is 12.7. The van der Waals surface area contributed by atoms with E-state index in [1.165, 1.54) is 32.3 Å². The van der Waals surface area contributed by atoms with Crippen LogP contribution in [-0.4, -0.2) is 17.7 Å². The molecule has 7 rings (SSSR count). The third kappa shape index (κ3) is 5.17. The van der Waals surface area contributed by atoms with Gasteiger partial charge in [-0.25, -0.2) is 0 Å². The quantitative estimate of drug-likeness (QED) is 0.226. The summed E-state index contributed by atoms with van der Waals surface area (Å²) in [7, 11) is 0. The summed E-state index contributed by atoms with van der Waals surface area (Å²) in [4.78, 5) is 26.8. The molecule has 0 aromatic heterocycles. The van der Waals surface area contributed by atoms with Gasteiger partial charge >= 0.3 is 0 Å². The van der Waals surface area contributed by atoms with Gasteiger partial charge in [0.1, 0.15) is 0 Å². The number of hydrogen-bond acceptors (Lipinski definition) is 3. The first-order valence-electron chi connectivity index (χ1n) is 15.0. The molecule has 1 amide bonds. The number of halogens is 1. The van der Waals surface area contributed by atoms with E-state index in [1.54, 1.807) is 48.5 Å². The average molecular weight is 595 g/mol. The highest BCUT2D eigenvalue weighted by atomic mass is 35.5. The van der Waals surface area contributed by atoms with Crippen molar-refractivity contribution in [1.82, 2.24) is 0 Å². The largest absolute Gasteiger partial charge is 0.324 e. The third-order valence-electron chi connectivity index (χ3n) is 8.79. The SMILES string of the molecule is NC1CCc2c3c(ccc2=C1C(=O)c1ccc(NC(=O)c2ccccc2Cl)cc1)=c1ccccc1=CC3Cc1ccccc1. The molecule has 0 saturated carbocycles. The van der Waals surface area contributed by atoms with Crippen LogP contribution >= 0.6 is 11.6 Å². The third-order valence-corrected chi connectivity index (χ3v) is 9.12. The first-order valence-corrected chi connectivity index (χ1v) is 15.3. The molecule has 2 aliphatic carbocycles. The molecule has 44 heavy (non-hydrogen) atoms. The fourth-order valence-corrected chi connectivity index (χ4v) is 6.92. The molecule has 3 N–H and O–H groups in total. The van der Waals surface area contributed by atoms with Gasteiger partial charge in [-0.2, -0.15) is 0 Å². The van der Waals surface area contributed by atoms with Crippen molar-refractivity contribution in [2.75, 3.05) is 5.32 Å². The molecular weight excluding hydrogens is 564 g/mol. The van der Waals surface area contributed by atoms with E-state index >= 15 is 0 Å². The number of hydrogen-bond donors (Lipinski definition) is 2. The van der Waals surface area contributed by atoms with Crippen molar-refractivity contribution >= 4 is 40.6 Å². The number of amides is 1. The Morgan fingerprint density at radius 2 is 1.48 bits per heavy atom. The van der Waals surface area contributed by atoms with Crippen LogP contribution in [-0.2, 0) is 12.8 Å². The van der Waals surface area contributed by atoms with Crippen LogP contribution in [0.15, 0.2) is 115 Å². The van der Waals surface area contributed by atoms with Gasteiger partial charge in [0.25, 0.3) is 5.91 Å². The summed E-state index contributed by atoms with van der Waals surface area (Å²) in [5, 5.41) is 7.92. The Bertz CT molecular complexity index is 2140. The molecule has 2 unspecified atom stereocenters. The Labute approximate surface area is 260 Å². The number of carbonyl (C=O) groups excluding carboxylic acids is 2. The summed E-state index contributed by atoms with van der Waals surface area (Å²) in [6, 6.07) is 36.9. The molecular formula is C39H31ClN2O2. The van der Waals surface area contributed by atoms with Crippen molar-refractivity contribution in [3.8, 4) is 0 Å². The molecule has 0 radical (unpaired) electrons. The fraction of sp³-hybridized carbons (Fsp3) is 0.128. The minimum Gasteiger partial charge on any atom is -0.324 e. The van der Waals surface area contributed by atoms with Crippen LogP contribution in [0.4, 0.5) is 5.69 Å². The number of nitrogens with two attached hydrogens (primary N) is 1. The number of nitrogens with one attached hydrogen (secondary N) is 1. The smallest absolute Gasteiger partial charge is 0.257 e. The lowest BCUT2D eigenvalue weighted by Crippen LogP contribution is -2.38. The molecule has 216 valence electrons. The zero-order valence-corrected chi connectivity index (χ0v) is 24.9. The van der Waals surface area contributed by atoms with Gasteiger partial charge in [0.05, 0.1) is 10.6 Å². The molecule has 4 nitrogen and oxygen atoms in total. The Hall–Kier alpha value is -4.77. The highest BCUT2D eigenvalue weighted by molar-refractivity contribution is 6.34. The lowest BCUT2D eigenvalue weighted by atomic mass is 9.77. The Morgan fingerprint density at radius 1 is 0.773 bits per heavy atom. The minimum absolute atomic E-state index is 0.0813. The topological polar surface area (TPSA) is 72.2 Å². The van der Waals surface area contributed by atoms with Crippen molar-refractivity contribution in [2.45, 2.75) is 31.2 Å². The van der Waals surface area contributed by atoms with Crippen molar-refractivity contribution < 1.29 is 9.59 Å². The van der Waals surface area contributed by atoms with Gasteiger partial charge in [-0.3, -0.25) is 9.59 Å². The molecule has 2 atom stereocenters. The Morgan fingerprint density at radius 3 is 2.27 bits per heavy atom. The number of benzene rings is 5. The molecule has 0 spiro atoms. The molecule has 0 heterocycles. The number of Topliss-reactive ketones (excluding diaryl/α,β-unsaturated/α-hetero) is 1. The average Bonchev–Trinajstić information content (AvgIpc) is 3.05. The maximum atomic E-state index is 14.1. The van der Waals surface area contributed by atoms with Crippen molar-refractivity contribution in [2.24, 2.45) is 5.73 Å². The fourth-order valence-electron chi connectivity index (χ4n) is 6.70. The minimum atomic E-state index is -0.361. The van der Waals surface area contributed by atoms with E-state index in [9.17, 15) is 9.59 Å². The van der Waals surface area contributed by atoms with Crippen LogP contribution in [0.25, 0.3) is 11.6 Å². The molecule has 0 aliphatic heterocycles. The summed E-state index contributed by atoms with van der Waals surface area (Å²) in [6.07, 6.45) is 4.80. The van der Waals surface area contributed by atoms with Crippen molar-refractivity contribution in [3.63, 3.8) is 0 Å². The Balaban J connectivity index is 1.30. The first-order chi connectivity index (χ1) is 21.5. The standard InChI is InChI=1S/C39H31ClN2O2/c40-34-13-7-6-12-33(34)39(44)42-28-16-14-25(15-17-28)38(43)37-32-19-18-30-29-11-5-4-10-26(29)23-27(22-24-8-2-1-3-9-24)36(30)31(32)20-21-35(37)41/h1-19,23,27,35H,20-22,41H2,(H,42,44). The predicted octanol–water partition coefficient (Wildman–Crippen LogP) is 6.31. The van der Waals surface area contributed by atoms with Crippen LogP contribution in [0.5, 0.6) is 0 Å². The van der Waals surface area contributed by atoms with E-state index in [2.05, 4.69) is 72.1 Å². The molecule has 5 aromatic carbocycles. The van der Waals surface area contributed by atoms with Gasteiger partial charge in [-0.1, -0.05) is 96.5 Å². The second kappa shape index (κ2) is 11.7. The van der Waals surface area contributed by atoms with Gasteiger partial charge in [0.2, 0.25) is 0 Å². The maximum absolute atomic E-state index is 14.1. The highest BCUT2D eigenvalue weighted by Gasteiger charge is 2.28. The first kappa shape index (κ1) is 28.0. The summed E-state index contributed by atoms with van der Waals surface area (Å²) in [6.45, 7) is 0. The normalized spacial score (nSPS) is 16.6. The summed E-state index contributed by atoms with van der Waals surface area (Å²) < 4.78 is 0. The molecule has 0 fully saturated rings. The van der Waals surface area contributed by atoms with E-state index in [0.29, 0.717) is 33.8 Å². The number of fused-ring (bicyclic) bond motifs is 4. The van der Waals surface area contributed by atoms with Gasteiger partial charge in [0.15, 0.2) is 5.78 Å². The lowest BCUT2D eigenvalue weighted by Gasteiger charge is -2.28. The van der Waals surface area contributed by atoms with Crippen LogP contribution in [0.1, 0.15) is 49.7 Å². The number of carbonyl (C=O) groups is 2. The maximum Gasteiger partial charge on any atom is 0.257 e. The zero-order chi connectivity index (χ0) is 30.2. The summed E-state index contributed by atoms with van der Waals surface area (Å²) in [5.74, 6) is -0.202. The Kier molecular flexibility index (Phi) is 7.47. The van der Waals surface area contributed by atoms with Crippen LogP contribution in [0.3, 0.4) is 0 Å². The molecule has 5 heteroatoms. The molecule has 5 aromatic rings. The van der Waals surface area contributed by atoms with Gasteiger partial charge < -0.3 is 11.1 Å². The van der Waals surface area contributed by atoms with Gasteiger partial charge in [-0.05, 0) is 93.2 Å². The van der Waals surface area contributed by atoms with E-state index in [-0.39, 0.29) is 23.7 Å². The van der Waals surface area contributed by atoms with Crippen LogP contribution < -0.4 is 21.5 Å². The lowest BCUT2D eigenvalue weighted by molar-refractivity contribution is 0.102. The van der Waals surface area contributed by atoms with Crippen molar-refractivity contribution in [1.29, 1.82) is 0 Å². The number of ketones is 1. The van der Waals surface area contributed by atoms with Crippen LogP contribution in [0, 0.1) is 10.4 Å². The highest BCUT2D eigenvalue weighted by Crippen LogP contribution is 2.31. The van der Waals surface area contributed by atoms with E-state index in [4.69, 9.17) is 17.3 Å². The van der Waals surface area contributed by atoms with Crippen LogP contribution in [0.2, 0.25) is 5.02 Å². The number of anilines is 1. The van der Waals surface area contributed by atoms with Gasteiger partial charge in [-0.15, -0.1) is 0 Å². The molecule has 2 aliphatic rings. The predicted molar refractivity (Wildman–Crippen MR) is 177 cm³/mol. The molecule has 0 bridgehead atoms.